The summed E-state index contributed by atoms with van der Waals surface area (Å²) in [6.07, 6.45) is 0.838. The number of nitrogens with two attached hydrogens (primary N) is 1. The highest BCUT2D eigenvalue weighted by Crippen LogP contribution is 2.05. The molecule has 1 unspecified atom stereocenters. The highest BCUT2D eigenvalue weighted by atomic mass is 16.2. The van der Waals surface area contributed by atoms with E-state index in [0.717, 1.165) is 6.42 Å². The lowest BCUT2D eigenvalue weighted by atomic mass is 9.99. The first-order chi connectivity index (χ1) is 7.31. The van der Waals surface area contributed by atoms with Gasteiger partial charge in [0.2, 0.25) is 11.8 Å². The monoisotopic (exact) mass is 229 g/mol. The first kappa shape index (κ1) is 14.9. The van der Waals surface area contributed by atoms with Crippen molar-refractivity contribution in [3.05, 3.63) is 0 Å². The Morgan fingerprint density at radius 2 is 1.81 bits per heavy atom. The van der Waals surface area contributed by atoms with Crippen LogP contribution in [0.5, 0.6) is 0 Å². The third-order valence-electron chi connectivity index (χ3n) is 2.73. The number of nitrogens with one attached hydrogen (secondary N) is 1. The van der Waals surface area contributed by atoms with Crippen LogP contribution in [0.25, 0.3) is 0 Å². The van der Waals surface area contributed by atoms with Crippen molar-refractivity contribution in [2.75, 3.05) is 14.1 Å². The van der Waals surface area contributed by atoms with E-state index in [4.69, 9.17) is 5.73 Å². The number of carbonyl (C=O) groups is 2. The minimum Gasteiger partial charge on any atom is -0.347 e. The van der Waals surface area contributed by atoms with Crippen LogP contribution in [-0.4, -0.2) is 42.9 Å². The van der Waals surface area contributed by atoms with E-state index in [2.05, 4.69) is 5.32 Å². The lowest BCUT2D eigenvalue weighted by Crippen LogP contribution is -2.51. The molecule has 0 aromatic heterocycles. The van der Waals surface area contributed by atoms with Crippen molar-refractivity contribution >= 4 is 11.8 Å². The van der Waals surface area contributed by atoms with Crippen LogP contribution in [0.2, 0.25) is 0 Å². The van der Waals surface area contributed by atoms with Crippen molar-refractivity contribution < 1.29 is 9.59 Å². The van der Waals surface area contributed by atoms with E-state index in [-0.39, 0.29) is 17.7 Å². The fraction of sp³-hybridized carbons (Fsp3) is 0.818. The van der Waals surface area contributed by atoms with Crippen molar-refractivity contribution in [3.8, 4) is 0 Å². The first-order valence-electron chi connectivity index (χ1n) is 5.58. The molecule has 16 heavy (non-hydrogen) atoms. The summed E-state index contributed by atoms with van der Waals surface area (Å²) in [5.41, 5.74) is 5.76. The fourth-order valence-electron chi connectivity index (χ4n) is 1.27. The summed E-state index contributed by atoms with van der Waals surface area (Å²) in [4.78, 5) is 24.6. The smallest absolute Gasteiger partial charge is 0.244 e. The van der Waals surface area contributed by atoms with Gasteiger partial charge in [-0.1, -0.05) is 20.3 Å². The Labute approximate surface area is 97.4 Å². The van der Waals surface area contributed by atoms with E-state index in [0.29, 0.717) is 0 Å². The summed E-state index contributed by atoms with van der Waals surface area (Å²) in [6, 6.07) is -1.08. The Kier molecular flexibility index (Phi) is 6.03. The molecule has 3 N–H and O–H groups in total. The SMILES string of the molecule is CC[C@H](C)[C@H](N)C(=O)NC(C)C(=O)N(C)C. The number of nitrogens with zero attached hydrogens (tertiary/aromatic N) is 1. The van der Waals surface area contributed by atoms with Gasteiger partial charge in [-0.3, -0.25) is 9.59 Å². The molecule has 0 spiro atoms. The molecule has 0 rings (SSSR count). The standard InChI is InChI=1S/C11H23N3O2/c1-6-7(2)9(12)10(15)13-8(3)11(16)14(4)5/h7-9H,6,12H2,1-5H3,(H,13,15)/t7-,8?,9-/m0/s1. The Hall–Kier alpha value is -1.10. The van der Waals surface area contributed by atoms with Crippen molar-refractivity contribution in [2.45, 2.75) is 39.3 Å². The molecule has 0 saturated carbocycles. The van der Waals surface area contributed by atoms with Gasteiger partial charge >= 0.3 is 0 Å². The van der Waals surface area contributed by atoms with E-state index >= 15 is 0 Å². The number of carbonyl (C=O) groups excluding carboxylic acids is 2. The highest BCUT2D eigenvalue weighted by Gasteiger charge is 2.23. The van der Waals surface area contributed by atoms with Crippen LogP contribution in [0.3, 0.4) is 0 Å². The lowest BCUT2D eigenvalue weighted by molar-refractivity contribution is -0.134. The van der Waals surface area contributed by atoms with Gasteiger partial charge in [-0.15, -0.1) is 0 Å². The number of likely N-dealkylation sites (N-methyl/N-ethyl adjacent to an activating group) is 1. The van der Waals surface area contributed by atoms with Crippen molar-refractivity contribution in [1.82, 2.24) is 10.2 Å². The number of amides is 2. The summed E-state index contributed by atoms with van der Waals surface area (Å²) in [7, 11) is 3.30. The molecular formula is C11H23N3O2. The predicted octanol–water partition coefficient (Wildman–Crippen LogP) is -0.0473. The highest BCUT2D eigenvalue weighted by molar-refractivity contribution is 5.89. The maximum absolute atomic E-state index is 11.7. The lowest BCUT2D eigenvalue weighted by Gasteiger charge is -2.22. The minimum absolute atomic E-state index is 0.113. The summed E-state index contributed by atoms with van der Waals surface area (Å²) < 4.78 is 0. The van der Waals surface area contributed by atoms with Gasteiger partial charge in [0.25, 0.3) is 0 Å². The summed E-state index contributed by atoms with van der Waals surface area (Å²) in [6.45, 7) is 5.55. The maximum Gasteiger partial charge on any atom is 0.244 e. The molecule has 0 saturated heterocycles. The molecule has 94 valence electrons. The van der Waals surface area contributed by atoms with Gasteiger partial charge in [-0.05, 0) is 12.8 Å². The molecule has 0 aromatic carbocycles. The van der Waals surface area contributed by atoms with Crippen LogP contribution in [0.1, 0.15) is 27.2 Å². The van der Waals surface area contributed by atoms with E-state index in [9.17, 15) is 9.59 Å². The minimum atomic E-state index is -0.553. The Balaban J connectivity index is 4.29. The van der Waals surface area contributed by atoms with Crippen LogP contribution in [-0.2, 0) is 9.59 Å². The molecule has 5 nitrogen and oxygen atoms in total. The van der Waals surface area contributed by atoms with Gasteiger partial charge in [0.05, 0.1) is 6.04 Å². The van der Waals surface area contributed by atoms with Gasteiger partial charge in [0.1, 0.15) is 6.04 Å². The summed E-state index contributed by atoms with van der Waals surface area (Å²) in [5, 5.41) is 2.62. The fourth-order valence-corrected chi connectivity index (χ4v) is 1.27. The summed E-state index contributed by atoms with van der Waals surface area (Å²) in [5.74, 6) is -0.289. The second-order valence-corrected chi connectivity index (χ2v) is 4.37. The number of hydrogen-bond donors (Lipinski definition) is 2. The number of hydrogen-bond acceptors (Lipinski definition) is 3. The van der Waals surface area contributed by atoms with Crippen LogP contribution >= 0.6 is 0 Å². The first-order valence-corrected chi connectivity index (χ1v) is 5.58. The molecular weight excluding hydrogens is 206 g/mol. The molecule has 0 aliphatic rings. The normalized spacial score (nSPS) is 16.1. The molecule has 0 aliphatic carbocycles. The van der Waals surface area contributed by atoms with Crippen LogP contribution in [0.15, 0.2) is 0 Å². The molecule has 0 aromatic rings. The molecule has 0 radical (unpaired) electrons. The second-order valence-electron chi connectivity index (χ2n) is 4.37. The van der Waals surface area contributed by atoms with Crippen molar-refractivity contribution in [1.29, 1.82) is 0 Å². The predicted molar refractivity (Wildman–Crippen MR) is 63.7 cm³/mol. The zero-order valence-electron chi connectivity index (χ0n) is 10.8. The van der Waals surface area contributed by atoms with Crippen molar-refractivity contribution in [3.63, 3.8) is 0 Å². The Morgan fingerprint density at radius 3 is 2.19 bits per heavy atom. The molecule has 5 heteroatoms. The third-order valence-corrected chi connectivity index (χ3v) is 2.73. The molecule has 0 fully saturated rings. The van der Waals surface area contributed by atoms with Gasteiger partial charge in [0.15, 0.2) is 0 Å². The average Bonchev–Trinajstić information content (AvgIpc) is 2.25. The molecule has 2 amide bonds. The van der Waals surface area contributed by atoms with Gasteiger partial charge in [-0.2, -0.15) is 0 Å². The summed E-state index contributed by atoms with van der Waals surface area (Å²) >= 11 is 0. The topological polar surface area (TPSA) is 75.4 Å². The molecule has 0 heterocycles. The number of rotatable bonds is 5. The van der Waals surface area contributed by atoms with Gasteiger partial charge in [0, 0.05) is 14.1 Å². The Morgan fingerprint density at radius 1 is 1.31 bits per heavy atom. The van der Waals surface area contributed by atoms with E-state index in [1.54, 1.807) is 21.0 Å². The quantitative estimate of drug-likeness (QED) is 0.694. The molecule has 0 aliphatic heterocycles. The van der Waals surface area contributed by atoms with Gasteiger partial charge in [-0.25, -0.2) is 0 Å². The molecule has 3 atom stereocenters. The average molecular weight is 229 g/mol. The van der Waals surface area contributed by atoms with Crippen LogP contribution in [0.4, 0.5) is 0 Å². The zero-order chi connectivity index (χ0) is 12.9. The largest absolute Gasteiger partial charge is 0.347 e. The van der Waals surface area contributed by atoms with E-state index in [1.807, 2.05) is 13.8 Å². The van der Waals surface area contributed by atoms with Gasteiger partial charge < -0.3 is 16.0 Å². The van der Waals surface area contributed by atoms with Crippen molar-refractivity contribution in [2.24, 2.45) is 11.7 Å². The van der Waals surface area contributed by atoms with E-state index < -0.39 is 12.1 Å². The third kappa shape index (κ3) is 4.18. The van der Waals surface area contributed by atoms with E-state index in [1.165, 1.54) is 4.90 Å². The zero-order valence-corrected chi connectivity index (χ0v) is 10.8. The molecule has 0 bridgehead atoms. The maximum atomic E-state index is 11.7. The second kappa shape index (κ2) is 6.48. The Bertz CT molecular complexity index is 254. The van der Waals surface area contributed by atoms with Crippen LogP contribution in [0, 0.1) is 5.92 Å². The van der Waals surface area contributed by atoms with Crippen LogP contribution < -0.4 is 11.1 Å².